The Labute approximate surface area is 122 Å². The summed E-state index contributed by atoms with van der Waals surface area (Å²) in [6, 6.07) is 3.38. The van der Waals surface area contributed by atoms with Crippen molar-refractivity contribution in [3.8, 4) is 0 Å². The molecule has 1 saturated heterocycles. The van der Waals surface area contributed by atoms with E-state index in [0.717, 1.165) is 11.4 Å². The van der Waals surface area contributed by atoms with E-state index >= 15 is 0 Å². The number of sulfone groups is 1. The van der Waals surface area contributed by atoms with Gasteiger partial charge >= 0.3 is 0 Å². The first-order valence-electron chi connectivity index (χ1n) is 6.15. The normalized spacial score (nSPS) is 19.7. The lowest BCUT2D eigenvalue weighted by Gasteiger charge is -2.33. The Kier molecular flexibility index (Phi) is 4.54. The highest BCUT2D eigenvalue weighted by atomic mass is 32.2. The van der Waals surface area contributed by atoms with Crippen molar-refractivity contribution in [3.63, 3.8) is 0 Å². The summed E-state index contributed by atoms with van der Waals surface area (Å²) in [6.07, 6.45) is 2.70. The van der Waals surface area contributed by atoms with E-state index < -0.39 is 15.2 Å². The molecular formula is C12H17N3O3S2. The number of hydrogen-bond donors (Lipinski definition) is 1. The molecule has 0 bridgehead atoms. The zero-order chi connectivity index (χ0) is 14.8. The summed E-state index contributed by atoms with van der Waals surface area (Å²) in [7, 11) is -1.55. The Bertz CT molecular complexity index is 604. The van der Waals surface area contributed by atoms with Crippen molar-refractivity contribution in [2.24, 2.45) is 0 Å². The average Bonchev–Trinajstić information content (AvgIpc) is 2.45. The predicted octanol–water partition coefficient (Wildman–Crippen LogP) is 0.683. The number of carbonyl (C=O) groups excluding carboxylic acids is 1. The van der Waals surface area contributed by atoms with Crippen LogP contribution in [0.1, 0.15) is 10.5 Å². The molecule has 110 valence electrons. The monoisotopic (exact) mass is 315 g/mol. The molecule has 8 heteroatoms. The molecule has 1 aromatic heterocycles. The van der Waals surface area contributed by atoms with E-state index in [2.05, 4.69) is 10.3 Å². The van der Waals surface area contributed by atoms with E-state index in [1.54, 1.807) is 30.9 Å². The third-order valence-electron chi connectivity index (χ3n) is 3.11. The predicted molar refractivity (Wildman–Crippen MR) is 80.8 cm³/mol. The molecule has 0 aromatic carbocycles. The van der Waals surface area contributed by atoms with Gasteiger partial charge in [-0.25, -0.2) is 8.42 Å². The lowest BCUT2D eigenvalue weighted by atomic mass is 10.3. The molecule has 1 unspecified atom stereocenters. The minimum atomic E-state index is -3.30. The summed E-state index contributed by atoms with van der Waals surface area (Å²) in [4.78, 5) is 17.9. The number of nitrogens with one attached hydrogen (secondary N) is 1. The van der Waals surface area contributed by atoms with Gasteiger partial charge in [0.2, 0.25) is 0 Å². The van der Waals surface area contributed by atoms with Crippen LogP contribution in [0.4, 0.5) is 5.69 Å². The average molecular weight is 315 g/mol. The van der Waals surface area contributed by atoms with Crippen molar-refractivity contribution >= 4 is 33.2 Å². The smallest absolute Gasteiger partial charge is 0.273 e. The van der Waals surface area contributed by atoms with E-state index in [1.807, 2.05) is 0 Å². The Morgan fingerprint density at radius 2 is 2.30 bits per heavy atom. The van der Waals surface area contributed by atoms with Gasteiger partial charge in [-0.3, -0.25) is 9.78 Å². The van der Waals surface area contributed by atoms with Gasteiger partial charge in [0.1, 0.15) is 11.1 Å². The first-order valence-corrected chi connectivity index (χ1v) is 9.26. The number of anilines is 1. The van der Waals surface area contributed by atoms with Crippen molar-refractivity contribution in [2.75, 3.05) is 36.7 Å². The third-order valence-corrected chi connectivity index (χ3v) is 5.75. The van der Waals surface area contributed by atoms with Crippen molar-refractivity contribution in [1.29, 1.82) is 0 Å². The van der Waals surface area contributed by atoms with Gasteiger partial charge in [-0.15, -0.1) is 0 Å². The Balaban J connectivity index is 2.30. The van der Waals surface area contributed by atoms with Gasteiger partial charge in [0.05, 0.1) is 0 Å². The number of nitrogens with zero attached hydrogens (tertiary/aromatic N) is 2. The van der Waals surface area contributed by atoms with Crippen LogP contribution in [-0.4, -0.2) is 60.9 Å². The second-order valence-electron chi connectivity index (χ2n) is 4.54. The summed E-state index contributed by atoms with van der Waals surface area (Å²) >= 11 is 1.55. The molecule has 1 aliphatic rings. The standard InChI is InChI=1S/C12H17N3O3S2/c1-13-9-3-4-14-10(7-9)12(16)15-5-6-19-8-11(15)20(2,17)18/h3-4,7,11H,5-6,8H2,1-2H3,(H,13,14). The van der Waals surface area contributed by atoms with Crippen molar-refractivity contribution in [1.82, 2.24) is 9.88 Å². The maximum Gasteiger partial charge on any atom is 0.273 e. The van der Waals surface area contributed by atoms with Gasteiger partial charge in [0, 0.05) is 43.2 Å². The van der Waals surface area contributed by atoms with Crippen LogP contribution < -0.4 is 5.32 Å². The highest BCUT2D eigenvalue weighted by Crippen LogP contribution is 2.22. The van der Waals surface area contributed by atoms with E-state index in [4.69, 9.17) is 0 Å². The lowest BCUT2D eigenvalue weighted by Crippen LogP contribution is -2.50. The molecule has 2 rings (SSSR count). The first-order chi connectivity index (χ1) is 9.43. The second-order valence-corrected chi connectivity index (χ2v) is 7.89. The SMILES string of the molecule is CNc1ccnc(C(=O)N2CCSCC2S(C)(=O)=O)c1. The molecule has 2 heterocycles. The fraction of sp³-hybridized carbons (Fsp3) is 0.500. The van der Waals surface area contributed by atoms with Crippen LogP contribution in [0.2, 0.25) is 0 Å². The topological polar surface area (TPSA) is 79.4 Å². The van der Waals surface area contributed by atoms with Gasteiger partial charge in [-0.05, 0) is 12.1 Å². The molecular weight excluding hydrogens is 298 g/mol. The minimum Gasteiger partial charge on any atom is -0.388 e. The lowest BCUT2D eigenvalue weighted by molar-refractivity contribution is 0.0744. The zero-order valence-corrected chi connectivity index (χ0v) is 13.0. The van der Waals surface area contributed by atoms with Crippen LogP contribution >= 0.6 is 11.8 Å². The van der Waals surface area contributed by atoms with E-state index in [1.165, 1.54) is 17.4 Å². The molecule has 20 heavy (non-hydrogen) atoms. The molecule has 1 aromatic rings. The third kappa shape index (κ3) is 3.24. The zero-order valence-electron chi connectivity index (χ0n) is 11.4. The van der Waals surface area contributed by atoms with E-state index in [9.17, 15) is 13.2 Å². The van der Waals surface area contributed by atoms with Crippen molar-refractivity contribution in [3.05, 3.63) is 24.0 Å². The van der Waals surface area contributed by atoms with E-state index in [0.29, 0.717) is 12.3 Å². The van der Waals surface area contributed by atoms with Gasteiger partial charge < -0.3 is 10.2 Å². The number of aromatic nitrogens is 1. The van der Waals surface area contributed by atoms with Gasteiger partial charge in [-0.2, -0.15) is 11.8 Å². The summed E-state index contributed by atoms with van der Waals surface area (Å²) in [5.74, 6) is 0.817. The summed E-state index contributed by atoms with van der Waals surface area (Å²) in [5.41, 5.74) is 1.03. The van der Waals surface area contributed by atoms with Crippen LogP contribution in [0.15, 0.2) is 18.3 Å². The van der Waals surface area contributed by atoms with Crippen molar-refractivity contribution in [2.45, 2.75) is 5.37 Å². The van der Waals surface area contributed by atoms with Crippen LogP contribution in [0.5, 0.6) is 0 Å². The number of thioether (sulfide) groups is 1. The van der Waals surface area contributed by atoms with Gasteiger partial charge in [-0.1, -0.05) is 0 Å². The Morgan fingerprint density at radius 1 is 1.55 bits per heavy atom. The molecule has 0 aliphatic carbocycles. The van der Waals surface area contributed by atoms with Crippen LogP contribution in [0.25, 0.3) is 0 Å². The summed E-state index contributed by atoms with van der Waals surface area (Å²) < 4.78 is 23.6. The molecule has 0 radical (unpaired) electrons. The first kappa shape index (κ1) is 15.1. The summed E-state index contributed by atoms with van der Waals surface area (Å²) in [6.45, 7) is 0.423. The number of hydrogen-bond acceptors (Lipinski definition) is 6. The molecule has 1 aliphatic heterocycles. The molecule has 0 saturated carbocycles. The number of pyridine rings is 1. The minimum absolute atomic E-state index is 0.261. The largest absolute Gasteiger partial charge is 0.388 e. The Hall–Kier alpha value is -1.28. The number of carbonyl (C=O) groups is 1. The molecule has 0 spiro atoms. The molecule has 1 atom stereocenters. The quantitative estimate of drug-likeness (QED) is 0.884. The van der Waals surface area contributed by atoms with Crippen LogP contribution in [-0.2, 0) is 9.84 Å². The van der Waals surface area contributed by atoms with Crippen LogP contribution in [0.3, 0.4) is 0 Å². The fourth-order valence-corrected chi connectivity index (χ4v) is 4.83. The molecule has 1 amide bonds. The fourth-order valence-electron chi connectivity index (χ4n) is 2.02. The Morgan fingerprint density at radius 3 is 2.95 bits per heavy atom. The van der Waals surface area contributed by atoms with Crippen LogP contribution in [0, 0.1) is 0 Å². The highest BCUT2D eigenvalue weighted by Gasteiger charge is 2.35. The second kappa shape index (κ2) is 6.01. The van der Waals surface area contributed by atoms with Gasteiger partial charge in [0.25, 0.3) is 5.91 Å². The maximum absolute atomic E-state index is 12.5. The molecule has 1 N–H and O–H groups in total. The summed E-state index contributed by atoms with van der Waals surface area (Å²) in [5, 5.41) is 2.16. The number of rotatable bonds is 3. The highest BCUT2D eigenvalue weighted by molar-refractivity contribution is 8.00. The number of amides is 1. The van der Waals surface area contributed by atoms with Gasteiger partial charge in [0.15, 0.2) is 9.84 Å². The van der Waals surface area contributed by atoms with E-state index in [-0.39, 0.29) is 11.6 Å². The van der Waals surface area contributed by atoms with Crippen molar-refractivity contribution < 1.29 is 13.2 Å². The molecule has 6 nitrogen and oxygen atoms in total. The maximum atomic E-state index is 12.5. The molecule has 1 fully saturated rings.